The van der Waals surface area contributed by atoms with E-state index in [0.29, 0.717) is 21.9 Å². The summed E-state index contributed by atoms with van der Waals surface area (Å²) >= 11 is 2.52. The number of ketones is 2. The van der Waals surface area contributed by atoms with Crippen LogP contribution >= 0.6 is 22.7 Å². The molecule has 0 aliphatic heterocycles. The van der Waals surface area contributed by atoms with E-state index in [-0.39, 0.29) is 42.3 Å². The van der Waals surface area contributed by atoms with Gasteiger partial charge in [0.25, 0.3) is 0 Å². The predicted octanol–water partition coefficient (Wildman–Crippen LogP) is 6.96. The van der Waals surface area contributed by atoms with E-state index in [1.165, 1.54) is 22.7 Å². The topological polar surface area (TPSA) is 140 Å². The first-order chi connectivity index (χ1) is 20.2. The Bertz CT molecular complexity index is 1730. The number of thiazole rings is 1. The number of carbonyl (C=O) groups is 4. The van der Waals surface area contributed by atoms with Crippen LogP contribution in [0.2, 0.25) is 0 Å². The molecule has 5 rings (SSSR count). The third-order valence-corrected chi connectivity index (χ3v) is 8.90. The van der Waals surface area contributed by atoms with E-state index in [4.69, 9.17) is 19.7 Å². The summed E-state index contributed by atoms with van der Waals surface area (Å²) in [6.07, 6.45) is -0.675. The van der Waals surface area contributed by atoms with Crippen LogP contribution < -0.4 is 9.47 Å². The summed E-state index contributed by atoms with van der Waals surface area (Å²) in [6, 6.07) is 17.0. The number of hydrogen-bond donors (Lipinski definition) is 2. The summed E-state index contributed by atoms with van der Waals surface area (Å²) in [6.45, 7) is 0. The van der Waals surface area contributed by atoms with Crippen LogP contribution in [0.25, 0.3) is 42.6 Å². The molecule has 0 saturated carbocycles. The predicted molar refractivity (Wildman–Crippen MR) is 161 cm³/mol. The van der Waals surface area contributed by atoms with Gasteiger partial charge in [-0.2, -0.15) is 0 Å². The Morgan fingerprint density at radius 3 is 1.86 bits per heavy atom. The number of carboxylic acids is 2. The van der Waals surface area contributed by atoms with Crippen molar-refractivity contribution in [3.05, 3.63) is 64.5 Å². The minimum atomic E-state index is -1.04. The van der Waals surface area contributed by atoms with E-state index in [1.807, 2.05) is 42.5 Å². The van der Waals surface area contributed by atoms with E-state index < -0.39 is 11.9 Å². The van der Waals surface area contributed by atoms with Gasteiger partial charge < -0.3 is 19.7 Å². The second-order valence-corrected chi connectivity index (χ2v) is 11.5. The van der Waals surface area contributed by atoms with Gasteiger partial charge in [-0.25, -0.2) is 4.98 Å². The molecule has 0 spiro atoms. The monoisotopic (exact) mass is 603 g/mol. The number of rotatable bonds is 12. The summed E-state index contributed by atoms with van der Waals surface area (Å²) in [5, 5.41) is 18.9. The number of aromatic nitrogens is 1. The normalized spacial score (nSPS) is 11.1. The second-order valence-electron chi connectivity index (χ2n) is 9.42. The summed E-state index contributed by atoms with van der Waals surface area (Å²) in [4.78, 5) is 51.9. The maximum Gasteiger partial charge on any atom is 0.303 e. The van der Waals surface area contributed by atoms with Crippen molar-refractivity contribution in [3.63, 3.8) is 0 Å². The second kappa shape index (κ2) is 12.1. The molecule has 2 N–H and O–H groups in total. The Morgan fingerprint density at radius 1 is 0.690 bits per heavy atom. The largest absolute Gasteiger partial charge is 0.496 e. The molecule has 0 saturated heterocycles. The number of hydrogen-bond acceptors (Lipinski definition) is 9. The Hall–Kier alpha value is -4.61. The number of aliphatic carboxylic acids is 2. The quantitative estimate of drug-likeness (QED) is 0.145. The van der Waals surface area contributed by atoms with Gasteiger partial charge in [-0.3, -0.25) is 19.2 Å². The lowest BCUT2D eigenvalue weighted by atomic mass is 9.93. The van der Waals surface area contributed by atoms with Crippen molar-refractivity contribution in [1.82, 2.24) is 4.98 Å². The van der Waals surface area contributed by atoms with Crippen molar-refractivity contribution in [2.45, 2.75) is 25.7 Å². The molecule has 0 bridgehead atoms. The molecule has 0 radical (unpaired) electrons. The molecule has 5 aromatic rings. The van der Waals surface area contributed by atoms with Crippen LogP contribution in [0.3, 0.4) is 0 Å². The molecular weight excluding hydrogens is 578 g/mol. The first-order valence-electron chi connectivity index (χ1n) is 12.9. The maximum atomic E-state index is 12.6. The lowest BCUT2D eigenvalue weighted by Gasteiger charge is -2.16. The average Bonchev–Trinajstić information content (AvgIpc) is 3.60. The van der Waals surface area contributed by atoms with Crippen molar-refractivity contribution >= 4 is 66.5 Å². The molecule has 2 heterocycles. The summed E-state index contributed by atoms with van der Waals surface area (Å²) in [5.41, 5.74) is 3.84. The highest BCUT2D eigenvalue weighted by Crippen LogP contribution is 2.45. The van der Waals surface area contributed by atoms with E-state index in [0.717, 1.165) is 37.0 Å². The lowest BCUT2D eigenvalue weighted by Crippen LogP contribution is -2.03. The van der Waals surface area contributed by atoms with Crippen molar-refractivity contribution in [2.24, 2.45) is 0 Å². The molecule has 0 atom stereocenters. The Kier molecular flexibility index (Phi) is 8.32. The van der Waals surface area contributed by atoms with Crippen molar-refractivity contribution in [1.29, 1.82) is 0 Å². The molecule has 0 fully saturated rings. The standard InChI is InChI=1S/C31H25NO8S2/c1-39-24-11-16-12-28(22(33)7-9-29(35)36)41-26(16)13-19(24)17-5-3-4-6-18(17)20-14-27-21(15-25(20)40-2)32-31(42-27)23(34)8-10-30(37)38/h3-6,11-15H,7-10H2,1-2H3,(H,35,36)(H,37,38). The van der Waals surface area contributed by atoms with E-state index >= 15 is 0 Å². The summed E-state index contributed by atoms with van der Waals surface area (Å²) < 4.78 is 13.1. The molecule has 0 aliphatic carbocycles. The van der Waals surface area contributed by atoms with Gasteiger partial charge in [-0.1, -0.05) is 24.3 Å². The van der Waals surface area contributed by atoms with Gasteiger partial charge in [-0.05, 0) is 40.8 Å². The minimum absolute atomic E-state index is 0.0678. The van der Waals surface area contributed by atoms with Gasteiger partial charge in [0, 0.05) is 34.7 Å². The average molecular weight is 604 g/mol. The zero-order valence-corrected chi connectivity index (χ0v) is 24.3. The summed E-state index contributed by atoms with van der Waals surface area (Å²) in [7, 11) is 3.13. The molecule has 42 heavy (non-hydrogen) atoms. The fourth-order valence-corrected chi connectivity index (χ4v) is 6.67. The first-order valence-corrected chi connectivity index (χ1v) is 14.5. The first kappa shape index (κ1) is 28.9. The van der Waals surface area contributed by atoms with Crippen LogP contribution in [0.4, 0.5) is 0 Å². The number of fused-ring (bicyclic) bond motifs is 2. The van der Waals surface area contributed by atoms with Gasteiger partial charge in [0.1, 0.15) is 11.5 Å². The molecule has 11 heteroatoms. The third kappa shape index (κ3) is 5.88. The molecule has 2 aromatic heterocycles. The Balaban J connectivity index is 1.59. The van der Waals surface area contributed by atoms with Crippen LogP contribution in [-0.2, 0) is 9.59 Å². The maximum absolute atomic E-state index is 12.6. The molecule has 3 aromatic carbocycles. The van der Waals surface area contributed by atoms with E-state index in [2.05, 4.69) is 4.98 Å². The highest BCUT2D eigenvalue weighted by Gasteiger charge is 2.21. The molecular formula is C31H25NO8S2. The zero-order chi connectivity index (χ0) is 30.0. The van der Waals surface area contributed by atoms with E-state index in [9.17, 15) is 19.2 Å². The highest BCUT2D eigenvalue weighted by atomic mass is 32.1. The molecule has 214 valence electrons. The van der Waals surface area contributed by atoms with Crippen LogP contribution in [0.1, 0.15) is 45.2 Å². The number of ether oxygens (including phenoxy) is 2. The fourth-order valence-electron chi connectivity index (χ4n) is 4.66. The van der Waals surface area contributed by atoms with Crippen molar-refractivity contribution in [2.75, 3.05) is 14.2 Å². The minimum Gasteiger partial charge on any atom is -0.496 e. The SMILES string of the molecule is COc1cc2cc(C(=O)CCC(=O)O)sc2cc1-c1ccccc1-c1cc2sc(C(=O)CCC(=O)O)nc2cc1OC. The number of carboxylic acid groups (broad SMARTS) is 2. The Labute approximate surface area is 248 Å². The van der Waals surface area contributed by atoms with Crippen LogP contribution in [-0.4, -0.2) is 52.9 Å². The van der Waals surface area contributed by atoms with Crippen LogP contribution in [0.5, 0.6) is 11.5 Å². The Morgan fingerprint density at radius 2 is 1.26 bits per heavy atom. The van der Waals surface area contributed by atoms with Crippen LogP contribution in [0.15, 0.2) is 54.6 Å². The van der Waals surface area contributed by atoms with Crippen molar-refractivity contribution < 1.29 is 38.9 Å². The van der Waals surface area contributed by atoms with Gasteiger partial charge in [-0.15, -0.1) is 22.7 Å². The number of nitrogens with zero attached hydrogens (tertiary/aromatic N) is 1. The highest BCUT2D eigenvalue weighted by molar-refractivity contribution is 7.21. The molecule has 0 aliphatic rings. The zero-order valence-electron chi connectivity index (χ0n) is 22.6. The number of thiophene rings is 1. The van der Waals surface area contributed by atoms with Gasteiger partial charge in [0.2, 0.25) is 0 Å². The van der Waals surface area contributed by atoms with Gasteiger partial charge in [0.05, 0.1) is 42.2 Å². The lowest BCUT2D eigenvalue weighted by molar-refractivity contribution is -0.137. The molecule has 0 amide bonds. The fraction of sp³-hybridized carbons (Fsp3) is 0.194. The number of benzene rings is 3. The third-order valence-electron chi connectivity index (χ3n) is 6.70. The number of Topliss-reactive ketones (excluding diaryl/α,β-unsaturated/α-hetero) is 2. The molecule has 0 unspecified atom stereocenters. The smallest absolute Gasteiger partial charge is 0.303 e. The number of methoxy groups -OCH3 is 2. The summed E-state index contributed by atoms with van der Waals surface area (Å²) in [5.74, 6) is -1.45. The van der Waals surface area contributed by atoms with Crippen LogP contribution in [0, 0.1) is 0 Å². The van der Waals surface area contributed by atoms with E-state index in [1.54, 1.807) is 26.4 Å². The molecule has 9 nitrogen and oxygen atoms in total. The number of carbonyl (C=O) groups excluding carboxylic acids is 2. The van der Waals surface area contributed by atoms with Crippen molar-refractivity contribution in [3.8, 4) is 33.8 Å². The van der Waals surface area contributed by atoms with Gasteiger partial charge >= 0.3 is 11.9 Å². The van der Waals surface area contributed by atoms with Gasteiger partial charge in [0.15, 0.2) is 16.6 Å².